The molecule has 0 unspecified atom stereocenters. The molecule has 0 N–H and O–H groups in total. The molecule has 0 bridgehead atoms. The molecule has 2 heterocycles. The highest BCUT2D eigenvalue weighted by Gasteiger charge is 2.33. The fraction of sp³-hybridized carbons (Fsp3) is 0.643. The van der Waals surface area contributed by atoms with Gasteiger partial charge in [0.2, 0.25) is 0 Å². The summed E-state index contributed by atoms with van der Waals surface area (Å²) in [5, 5.41) is 10.7. The first kappa shape index (κ1) is 12.4. The van der Waals surface area contributed by atoms with Gasteiger partial charge >= 0.3 is 0 Å². The summed E-state index contributed by atoms with van der Waals surface area (Å²) in [6.07, 6.45) is 9.18. The summed E-state index contributed by atoms with van der Waals surface area (Å²) in [5.74, 6) is 1.69. The van der Waals surface area contributed by atoms with Crippen LogP contribution in [0.4, 0.5) is 11.5 Å². The van der Waals surface area contributed by atoms with Gasteiger partial charge in [-0.1, -0.05) is 12.8 Å². The summed E-state index contributed by atoms with van der Waals surface area (Å²) in [6, 6.07) is 3.95. The Kier molecular flexibility index (Phi) is 3.36. The van der Waals surface area contributed by atoms with Crippen LogP contribution in [-0.4, -0.2) is 22.5 Å². The molecule has 102 valence electrons. The van der Waals surface area contributed by atoms with Crippen LogP contribution >= 0.6 is 0 Å². The molecule has 0 spiro atoms. The highest BCUT2D eigenvalue weighted by Crippen LogP contribution is 2.37. The molecule has 1 aromatic rings. The molecule has 1 aliphatic heterocycles. The number of nitrogens with zero attached hydrogens (tertiary/aromatic N) is 3. The Morgan fingerprint density at radius 1 is 1.21 bits per heavy atom. The fourth-order valence-corrected chi connectivity index (χ4v) is 3.57. The summed E-state index contributed by atoms with van der Waals surface area (Å²) in [4.78, 5) is 16.9. The van der Waals surface area contributed by atoms with Crippen LogP contribution in [0.5, 0.6) is 0 Å². The topological polar surface area (TPSA) is 59.3 Å². The minimum absolute atomic E-state index is 0.0698. The van der Waals surface area contributed by atoms with Crippen LogP contribution < -0.4 is 4.90 Å². The highest BCUT2D eigenvalue weighted by molar-refractivity contribution is 5.45. The van der Waals surface area contributed by atoms with E-state index in [4.69, 9.17) is 0 Å². The van der Waals surface area contributed by atoms with Gasteiger partial charge in [0, 0.05) is 18.7 Å². The Morgan fingerprint density at radius 3 is 2.63 bits per heavy atom. The first-order valence-electron chi connectivity index (χ1n) is 7.13. The number of hydrogen-bond acceptors (Lipinski definition) is 4. The van der Waals surface area contributed by atoms with Crippen LogP contribution in [-0.2, 0) is 0 Å². The third-order valence-corrected chi connectivity index (χ3v) is 4.48. The van der Waals surface area contributed by atoms with Gasteiger partial charge in [0.25, 0.3) is 5.69 Å². The van der Waals surface area contributed by atoms with Crippen molar-refractivity contribution in [3.05, 3.63) is 28.4 Å². The van der Waals surface area contributed by atoms with Crippen molar-refractivity contribution in [2.24, 2.45) is 5.92 Å². The molecule has 2 fully saturated rings. The number of hydrogen-bond donors (Lipinski definition) is 0. The molecular formula is C14H19N3O2. The van der Waals surface area contributed by atoms with Crippen LogP contribution in [0.25, 0.3) is 0 Å². The van der Waals surface area contributed by atoms with Gasteiger partial charge in [0.05, 0.1) is 4.92 Å². The highest BCUT2D eigenvalue weighted by atomic mass is 16.6. The second kappa shape index (κ2) is 5.15. The van der Waals surface area contributed by atoms with Crippen LogP contribution in [0.15, 0.2) is 18.3 Å². The Hall–Kier alpha value is -1.65. The first-order valence-corrected chi connectivity index (χ1v) is 7.13. The van der Waals surface area contributed by atoms with E-state index in [0.29, 0.717) is 6.04 Å². The Labute approximate surface area is 112 Å². The van der Waals surface area contributed by atoms with Gasteiger partial charge < -0.3 is 4.90 Å². The van der Waals surface area contributed by atoms with Gasteiger partial charge in [0.1, 0.15) is 12.0 Å². The van der Waals surface area contributed by atoms with E-state index in [2.05, 4.69) is 9.88 Å². The number of pyridine rings is 1. The standard InChI is InChI=1S/C14H19N3O2/c18-17(19)12-7-8-14(15-10-12)16-9-3-6-13(16)11-4-1-2-5-11/h7-8,10-11,13H,1-6,9H2/t13-/m1/s1. The van der Waals surface area contributed by atoms with Crippen LogP contribution in [0.3, 0.4) is 0 Å². The number of aromatic nitrogens is 1. The minimum atomic E-state index is -0.394. The summed E-state index contributed by atoms with van der Waals surface area (Å²) in [7, 11) is 0. The van der Waals surface area contributed by atoms with Gasteiger partial charge in [-0.2, -0.15) is 0 Å². The molecule has 1 saturated carbocycles. The van der Waals surface area contributed by atoms with E-state index < -0.39 is 4.92 Å². The summed E-state index contributed by atoms with van der Waals surface area (Å²) in [5.41, 5.74) is 0.0698. The molecule has 5 heteroatoms. The van der Waals surface area contributed by atoms with Gasteiger partial charge in [-0.25, -0.2) is 4.98 Å². The van der Waals surface area contributed by atoms with Gasteiger partial charge in [-0.05, 0) is 37.7 Å². The lowest BCUT2D eigenvalue weighted by Crippen LogP contribution is -2.35. The van der Waals surface area contributed by atoms with E-state index >= 15 is 0 Å². The van der Waals surface area contributed by atoms with Crippen molar-refractivity contribution < 1.29 is 4.92 Å². The lowest BCUT2D eigenvalue weighted by molar-refractivity contribution is -0.385. The molecule has 2 aliphatic rings. The van der Waals surface area contributed by atoms with Gasteiger partial charge in [0.15, 0.2) is 0 Å². The van der Waals surface area contributed by atoms with E-state index in [-0.39, 0.29) is 5.69 Å². The van der Waals surface area contributed by atoms with Crippen molar-refractivity contribution in [2.45, 2.75) is 44.6 Å². The maximum atomic E-state index is 10.7. The Bertz CT molecular complexity index is 454. The predicted octanol–water partition coefficient (Wildman–Crippen LogP) is 3.15. The molecule has 19 heavy (non-hydrogen) atoms. The van der Waals surface area contributed by atoms with E-state index in [9.17, 15) is 10.1 Å². The van der Waals surface area contributed by atoms with E-state index in [1.165, 1.54) is 44.7 Å². The number of anilines is 1. The molecule has 3 rings (SSSR count). The monoisotopic (exact) mass is 261 g/mol. The smallest absolute Gasteiger partial charge is 0.287 e. The van der Waals surface area contributed by atoms with Crippen molar-refractivity contribution in [1.29, 1.82) is 0 Å². The molecule has 0 aromatic carbocycles. The normalized spacial score (nSPS) is 24.0. The molecule has 0 radical (unpaired) electrons. The first-order chi connectivity index (χ1) is 9.25. The van der Waals surface area contributed by atoms with Crippen molar-refractivity contribution in [2.75, 3.05) is 11.4 Å². The maximum Gasteiger partial charge on any atom is 0.287 e. The third-order valence-electron chi connectivity index (χ3n) is 4.48. The van der Waals surface area contributed by atoms with Crippen molar-refractivity contribution in [1.82, 2.24) is 4.98 Å². The Balaban J connectivity index is 1.78. The molecule has 0 amide bonds. The second-order valence-electron chi connectivity index (χ2n) is 5.58. The zero-order valence-corrected chi connectivity index (χ0v) is 11.0. The van der Waals surface area contributed by atoms with E-state index in [1.54, 1.807) is 12.1 Å². The van der Waals surface area contributed by atoms with Crippen molar-refractivity contribution >= 4 is 11.5 Å². The Morgan fingerprint density at radius 2 is 2.00 bits per heavy atom. The molecule has 1 atom stereocenters. The SMILES string of the molecule is O=[N+]([O-])c1ccc(N2CCC[C@@H]2C2CCCC2)nc1. The molecule has 1 saturated heterocycles. The van der Waals surface area contributed by atoms with Crippen molar-refractivity contribution in [3.63, 3.8) is 0 Å². The predicted molar refractivity (Wildman–Crippen MR) is 73.2 cm³/mol. The number of rotatable bonds is 3. The maximum absolute atomic E-state index is 10.7. The number of nitro groups is 1. The quantitative estimate of drug-likeness (QED) is 0.619. The average Bonchev–Trinajstić information content (AvgIpc) is 3.09. The average molecular weight is 261 g/mol. The zero-order valence-electron chi connectivity index (χ0n) is 11.0. The van der Waals surface area contributed by atoms with E-state index in [1.807, 2.05) is 0 Å². The van der Waals surface area contributed by atoms with Crippen LogP contribution in [0.2, 0.25) is 0 Å². The van der Waals surface area contributed by atoms with Crippen molar-refractivity contribution in [3.8, 4) is 0 Å². The summed E-state index contributed by atoms with van der Waals surface area (Å²) < 4.78 is 0. The lowest BCUT2D eigenvalue weighted by Gasteiger charge is -2.30. The second-order valence-corrected chi connectivity index (χ2v) is 5.58. The molecule has 1 aromatic heterocycles. The van der Waals surface area contributed by atoms with Crippen LogP contribution in [0.1, 0.15) is 38.5 Å². The van der Waals surface area contributed by atoms with Crippen LogP contribution in [0, 0.1) is 16.0 Å². The summed E-state index contributed by atoms with van der Waals surface area (Å²) in [6.45, 7) is 1.03. The zero-order chi connectivity index (χ0) is 13.2. The lowest BCUT2D eigenvalue weighted by atomic mass is 9.96. The minimum Gasteiger partial charge on any atom is -0.353 e. The third kappa shape index (κ3) is 2.41. The van der Waals surface area contributed by atoms with E-state index in [0.717, 1.165) is 18.3 Å². The molecule has 5 nitrogen and oxygen atoms in total. The molecule has 1 aliphatic carbocycles. The summed E-state index contributed by atoms with van der Waals surface area (Å²) >= 11 is 0. The van der Waals surface area contributed by atoms with Gasteiger partial charge in [-0.3, -0.25) is 10.1 Å². The molecular weight excluding hydrogens is 242 g/mol. The largest absolute Gasteiger partial charge is 0.353 e. The van der Waals surface area contributed by atoms with Gasteiger partial charge in [-0.15, -0.1) is 0 Å². The fourth-order valence-electron chi connectivity index (χ4n) is 3.57.